The van der Waals surface area contributed by atoms with Gasteiger partial charge in [-0.25, -0.2) is 14.8 Å². The second-order valence-corrected chi connectivity index (χ2v) is 10.7. The molecular weight excluding hydrogens is 584 g/mol. The first-order valence-corrected chi connectivity index (χ1v) is 13.9. The van der Waals surface area contributed by atoms with E-state index in [1.807, 2.05) is 0 Å². The number of benzene rings is 2. The zero-order valence-electron chi connectivity index (χ0n) is 24.8. The third-order valence-corrected chi connectivity index (χ3v) is 8.07. The average Bonchev–Trinajstić information content (AvgIpc) is 3.02. The fourth-order valence-electron chi connectivity index (χ4n) is 5.56. The van der Waals surface area contributed by atoms with Gasteiger partial charge in [0.2, 0.25) is 5.72 Å². The molecule has 44 heavy (non-hydrogen) atoms. The summed E-state index contributed by atoms with van der Waals surface area (Å²) in [5, 5.41) is 0. The molecule has 3 aromatic rings. The Kier molecular flexibility index (Phi) is 8.91. The van der Waals surface area contributed by atoms with E-state index in [2.05, 4.69) is 15.0 Å². The van der Waals surface area contributed by atoms with E-state index in [1.165, 1.54) is 30.6 Å². The van der Waals surface area contributed by atoms with Crippen LogP contribution in [0.2, 0.25) is 0 Å². The summed E-state index contributed by atoms with van der Waals surface area (Å²) in [6.45, 7) is 8.31. The molecule has 1 aliphatic rings. The van der Waals surface area contributed by atoms with Crippen LogP contribution in [-0.2, 0) is 27.3 Å². The molecule has 0 radical (unpaired) electrons. The first-order valence-electron chi connectivity index (χ1n) is 13.9. The lowest BCUT2D eigenvalue weighted by Crippen LogP contribution is -2.51. The van der Waals surface area contributed by atoms with E-state index in [0.717, 1.165) is 24.3 Å². The highest BCUT2D eigenvalue weighted by molar-refractivity contribution is 5.89. The monoisotopic (exact) mass is 615 g/mol. The molecule has 0 saturated heterocycles. The molecule has 0 N–H and O–H groups in total. The largest absolute Gasteiger partial charge is 0.433 e. The summed E-state index contributed by atoms with van der Waals surface area (Å²) in [6, 6.07) is 7.54. The minimum absolute atomic E-state index is 0.154. The first-order chi connectivity index (χ1) is 20.6. The summed E-state index contributed by atoms with van der Waals surface area (Å²) >= 11 is 0. The van der Waals surface area contributed by atoms with Crippen molar-refractivity contribution in [2.75, 3.05) is 0 Å². The number of cyclic esters (lactones) is 1. The number of nitrogens with zero attached hydrogens (tertiary/aromatic N) is 3. The van der Waals surface area contributed by atoms with Gasteiger partial charge in [-0.1, -0.05) is 44.2 Å². The van der Waals surface area contributed by atoms with Crippen molar-refractivity contribution in [1.29, 1.82) is 0 Å². The van der Waals surface area contributed by atoms with E-state index in [0.29, 0.717) is 5.69 Å². The lowest BCUT2D eigenvalue weighted by Gasteiger charge is -2.46. The van der Waals surface area contributed by atoms with Crippen LogP contribution in [0.4, 0.5) is 26.3 Å². The predicted molar refractivity (Wildman–Crippen MR) is 156 cm³/mol. The van der Waals surface area contributed by atoms with Crippen LogP contribution in [0.25, 0.3) is 22.5 Å². The number of ether oxygens (including phenoxy) is 1. The van der Waals surface area contributed by atoms with Crippen LogP contribution in [0.1, 0.15) is 62.9 Å². The Morgan fingerprint density at radius 3 is 2.05 bits per heavy atom. The van der Waals surface area contributed by atoms with E-state index in [4.69, 9.17) is 4.74 Å². The van der Waals surface area contributed by atoms with Crippen molar-refractivity contribution < 1.29 is 35.9 Å². The molecule has 2 aromatic carbocycles. The summed E-state index contributed by atoms with van der Waals surface area (Å²) < 4.78 is 88.5. The van der Waals surface area contributed by atoms with E-state index < -0.39 is 40.6 Å². The highest BCUT2D eigenvalue weighted by Gasteiger charge is 2.52. The number of allylic oxidation sites excluding steroid dienone is 3. The molecule has 1 atom stereocenters. The van der Waals surface area contributed by atoms with Gasteiger partial charge < -0.3 is 4.74 Å². The number of hydrogen-bond donors (Lipinski definition) is 0. The fourth-order valence-corrected chi connectivity index (χ4v) is 5.56. The zero-order valence-corrected chi connectivity index (χ0v) is 24.8. The second-order valence-electron chi connectivity index (χ2n) is 10.7. The van der Waals surface area contributed by atoms with Crippen LogP contribution in [0.3, 0.4) is 0 Å². The molecule has 1 aliphatic heterocycles. The van der Waals surface area contributed by atoms with Crippen molar-refractivity contribution in [2.24, 2.45) is 4.99 Å². The minimum atomic E-state index is -4.71. The third-order valence-electron chi connectivity index (χ3n) is 8.07. The molecule has 5 nitrogen and oxygen atoms in total. The number of aliphatic imine (C=N–C) groups is 1. The third kappa shape index (κ3) is 6.18. The van der Waals surface area contributed by atoms with Crippen molar-refractivity contribution in [3.05, 3.63) is 94.8 Å². The molecule has 4 rings (SSSR count). The summed E-state index contributed by atoms with van der Waals surface area (Å²) in [4.78, 5) is 26.8. The van der Waals surface area contributed by atoms with Gasteiger partial charge in [-0.3, -0.25) is 4.98 Å². The van der Waals surface area contributed by atoms with Crippen molar-refractivity contribution in [1.82, 2.24) is 9.97 Å². The Bertz CT molecular complexity index is 1630. The number of hydrogen-bond acceptors (Lipinski definition) is 5. The maximum atomic E-state index is 14.2. The number of esters is 1. The highest BCUT2D eigenvalue weighted by atomic mass is 19.4. The van der Waals surface area contributed by atoms with E-state index >= 15 is 0 Å². The molecule has 0 spiro atoms. The molecule has 2 heterocycles. The quantitative estimate of drug-likeness (QED) is 0.205. The van der Waals surface area contributed by atoms with Crippen molar-refractivity contribution >= 4 is 12.2 Å². The van der Waals surface area contributed by atoms with Gasteiger partial charge in [-0.15, -0.1) is 0 Å². The highest BCUT2D eigenvalue weighted by Crippen LogP contribution is 2.50. The smallest absolute Gasteiger partial charge is 0.416 e. The van der Waals surface area contributed by atoms with Gasteiger partial charge in [0, 0.05) is 29.1 Å². The van der Waals surface area contributed by atoms with Gasteiger partial charge in [0.25, 0.3) is 0 Å². The van der Waals surface area contributed by atoms with E-state index in [-0.39, 0.29) is 46.5 Å². The van der Waals surface area contributed by atoms with Gasteiger partial charge in [-0.05, 0) is 69.5 Å². The number of carbonyl (C=O) groups excluding carboxylic acids is 1. The molecule has 0 saturated carbocycles. The van der Waals surface area contributed by atoms with E-state index in [9.17, 15) is 31.1 Å². The summed E-state index contributed by atoms with van der Waals surface area (Å²) in [6.07, 6.45) is -1.25. The summed E-state index contributed by atoms with van der Waals surface area (Å²) in [7, 11) is 0. The molecule has 0 fully saturated rings. The van der Waals surface area contributed by atoms with Gasteiger partial charge in [0.1, 0.15) is 0 Å². The predicted octanol–water partition coefficient (Wildman–Crippen LogP) is 9.06. The Labute approximate surface area is 251 Å². The Morgan fingerprint density at radius 2 is 1.45 bits per heavy atom. The van der Waals surface area contributed by atoms with Crippen LogP contribution in [-0.4, -0.2) is 27.9 Å². The van der Waals surface area contributed by atoms with Crippen molar-refractivity contribution in [3.63, 3.8) is 0 Å². The molecule has 0 amide bonds. The Balaban J connectivity index is 2.06. The van der Waals surface area contributed by atoms with Crippen molar-refractivity contribution in [2.45, 2.75) is 71.0 Å². The summed E-state index contributed by atoms with van der Waals surface area (Å²) in [5.41, 5.74) is -3.04. The average molecular weight is 616 g/mol. The van der Waals surface area contributed by atoms with Crippen molar-refractivity contribution in [3.8, 4) is 22.5 Å². The molecule has 0 bridgehead atoms. The van der Waals surface area contributed by atoms with Crippen LogP contribution >= 0.6 is 0 Å². The van der Waals surface area contributed by atoms with Gasteiger partial charge in [0.15, 0.2) is 0 Å². The summed E-state index contributed by atoms with van der Waals surface area (Å²) in [5.74, 6) is -0.684. The maximum Gasteiger partial charge on any atom is 0.416 e. The van der Waals surface area contributed by atoms with Gasteiger partial charge >= 0.3 is 18.3 Å². The number of aryl methyl sites for hydroxylation is 1. The number of rotatable bonds is 6. The molecular formula is C33H31F6N3O2. The number of alkyl halides is 6. The van der Waals surface area contributed by atoms with E-state index in [1.54, 1.807) is 52.8 Å². The molecule has 11 heteroatoms. The zero-order chi connectivity index (χ0) is 32.5. The minimum Gasteiger partial charge on any atom is -0.433 e. The normalized spacial score (nSPS) is 20.5. The van der Waals surface area contributed by atoms with Crippen LogP contribution in [0.5, 0.6) is 0 Å². The lowest BCUT2D eigenvalue weighted by atomic mass is 9.66. The lowest BCUT2D eigenvalue weighted by molar-refractivity contribution is -0.161. The standard InChI is InChI=1S/C33H31F6N3O2/c1-6-31(7-2,30(5)41-17-9-8-10-20(3)29(43)44-30)26-18-24(33(37,38)39)15-16-25(26)28-27(42-21(4)19-40-28)22-11-13-23(14-12-22)32(34,35)36/h8-19H,6-7H2,1-5H3/b9-8-,20-10+,41-17+/t30-/m0/s1. The van der Waals surface area contributed by atoms with Gasteiger partial charge in [0.05, 0.1) is 33.6 Å². The molecule has 1 aromatic heterocycles. The molecule has 0 unspecified atom stereocenters. The topological polar surface area (TPSA) is 64.4 Å². The first kappa shape index (κ1) is 32.6. The molecule has 0 aliphatic carbocycles. The van der Waals surface area contributed by atoms with Gasteiger partial charge in [-0.2, -0.15) is 26.3 Å². The Morgan fingerprint density at radius 1 is 0.841 bits per heavy atom. The molecule has 232 valence electrons. The number of aromatic nitrogens is 2. The Hall–Kier alpha value is -4.28. The number of carbonyl (C=O) groups is 1. The second kappa shape index (κ2) is 12.0. The maximum absolute atomic E-state index is 14.2. The number of halogens is 6. The SMILES string of the molecule is CCC(CC)(c1cc(C(F)(F)F)ccc1-c1ncc(C)nc1-c1ccc(C(F)(F)F)cc1)[C@@]1(C)/N=C/C=C\C=C(/C)C(=O)O1. The van der Waals surface area contributed by atoms with Crippen LogP contribution < -0.4 is 0 Å². The van der Waals surface area contributed by atoms with Crippen LogP contribution in [0.15, 0.2) is 77.5 Å². The van der Waals surface area contributed by atoms with Crippen LogP contribution in [0, 0.1) is 6.92 Å². The fraction of sp³-hybridized carbons (Fsp3) is 0.333.